The highest BCUT2D eigenvalue weighted by Gasteiger charge is 2.16. The van der Waals surface area contributed by atoms with E-state index in [2.05, 4.69) is 26.4 Å². The van der Waals surface area contributed by atoms with Crippen molar-refractivity contribution in [3.05, 3.63) is 45.1 Å². The van der Waals surface area contributed by atoms with Gasteiger partial charge >= 0.3 is 0 Å². The molecule has 0 fully saturated rings. The first-order valence-electron chi connectivity index (χ1n) is 6.22. The van der Waals surface area contributed by atoms with Crippen LogP contribution in [0.25, 0.3) is 10.1 Å². The van der Waals surface area contributed by atoms with Crippen LogP contribution in [0.15, 0.2) is 33.3 Å². The van der Waals surface area contributed by atoms with Crippen LogP contribution in [0.3, 0.4) is 0 Å². The standard InChI is InChI=1S/C14H12BrN3O2S/c1-7-4-9(20-18-7)6-17-14(19)13-12(16)10-3-2-8(15)5-11(10)21-13/h2-5H,6,16H2,1H3,(H,17,19). The summed E-state index contributed by atoms with van der Waals surface area (Å²) in [6, 6.07) is 7.55. The first-order valence-corrected chi connectivity index (χ1v) is 7.83. The fourth-order valence-electron chi connectivity index (χ4n) is 2.01. The molecule has 7 heteroatoms. The van der Waals surface area contributed by atoms with Crippen LogP contribution in [0.5, 0.6) is 0 Å². The van der Waals surface area contributed by atoms with Crippen LogP contribution in [-0.4, -0.2) is 11.1 Å². The fourth-order valence-corrected chi connectivity index (χ4v) is 3.60. The minimum Gasteiger partial charge on any atom is -0.397 e. The Morgan fingerprint density at radius 3 is 3.00 bits per heavy atom. The third-order valence-electron chi connectivity index (χ3n) is 3.00. The molecule has 0 aliphatic heterocycles. The van der Waals surface area contributed by atoms with Crippen molar-refractivity contribution in [3.63, 3.8) is 0 Å². The predicted octanol–water partition coefficient (Wildman–Crippen LogP) is 3.47. The van der Waals surface area contributed by atoms with Gasteiger partial charge in [0.25, 0.3) is 5.91 Å². The summed E-state index contributed by atoms with van der Waals surface area (Å²) in [6.07, 6.45) is 0. The number of carbonyl (C=O) groups excluding carboxylic acids is 1. The average Bonchev–Trinajstić information content (AvgIpc) is 3.00. The maximum atomic E-state index is 12.2. The van der Waals surface area contributed by atoms with Gasteiger partial charge in [0.05, 0.1) is 17.9 Å². The third kappa shape index (κ3) is 2.79. The van der Waals surface area contributed by atoms with Crippen LogP contribution in [0.1, 0.15) is 21.1 Å². The quantitative estimate of drug-likeness (QED) is 0.744. The molecule has 3 rings (SSSR count). The molecule has 0 bridgehead atoms. The maximum absolute atomic E-state index is 12.2. The third-order valence-corrected chi connectivity index (χ3v) is 4.66. The Hall–Kier alpha value is -1.86. The first-order chi connectivity index (χ1) is 10.0. The van der Waals surface area contributed by atoms with Crippen molar-refractivity contribution in [1.29, 1.82) is 0 Å². The van der Waals surface area contributed by atoms with Crippen molar-refractivity contribution < 1.29 is 9.32 Å². The molecule has 0 aliphatic carbocycles. The number of anilines is 1. The molecule has 3 aromatic rings. The minimum absolute atomic E-state index is 0.209. The van der Waals surface area contributed by atoms with E-state index in [0.29, 0.717) is 16.3 Å². The van der Waals surface area contributed by atoms with Gasteiger partial charge in [-0.3, -0.25) is 4.79 Å². The number of nitrogens with two attached hydrogens (primary N) is 1. The van der Waals surface area contributed by atoms with Crippen LogP contribution in [0, 0.1) is 6.92 Å². The number of thiophene rings is 1. The zero-order chi connectivity index (χ0) is 15.0. The van der Waals surface area contributed by atoms with E-state index in [1.165, 1.54) is 11.3 Å². The van der Waals surface area contributed by atoms with Gasteiger partial charge in [0.2, 0.25) is 0 Å². The molecule has 21 heavy (non-hydrogen) atoms. The summed E-state index contributed by atoms with van der Waals surface area (Å²) < 4.78 is 6.99. The predicted molar refractivity (Wildman–Crippen MR) is 86.3 cm³/mol. The summed E-state index contributed by atoms with van der Waals surface area (Å²) in [7, 11) is 0. The Balaban J connectivity index is 1.82. The lowest BCUT2D eigenvalue weighted by Crippen LogP contribution is -2.22. The van der Waals surface area contributed by atoms with Crippen molar-refractivity contribution in [2.24, 2.45) is 0 Å². The molecule has 0 radical (unpaired) electrons. The smallest absolute Gasteiger partial charge is 0.263 e. The van der Waals surface area contributed by atoms with E-state index in [1.807, 2.05) is 25.1 Å². The van der Waals surface area contributed by atoms with Crippen molar-refractivity contribution in [2.75, 3.05) is 5.73 Å². The summed E-state index contributed by atoms with van der Waals surface area (Å²) in [6.45, 7) is 2.12. The highest BCUT2D eigenvalue weighted by molar-refractivity contribution is 9.10. The number of nitrogens with one attached hydrogen (secondary N) is 1. The number of fused-ring (bicyclic) bond motifs is 1. The minimum atomic E-state index is -0.209. The van der Waals surface area contributed by atoms with Crippen LogP contribution < -0.4 is 11.1 Å². The molecule has 0 saturated carbocycles. The number of carbonyl (C=O) groups is 1. The number of amides is 1. The molecule has 1 amide bonds. The second kappa shape index (κ2) is 5.50. The second-order valence-corrected chi connectivity index (χ2v) is 6.57. The van der Waals surface area contributed by atoms with Gasteiger partial charge in [0.15, 0.2) is 5.76 Å². The van der Waals surface area contributed by atoms with Gasteiger partial charge in [-0.2, -0.15) is 0 Å². The van der Waals surface area contributed by atoms with E-state index < -0.39 is 0 Å². The highest BCUT2D eigenvalue weighted by atomic mass is 79.9. The van der Waals surface area contributed by atoms with Crippen LogP contribution in [0.2, 0.25) is 0 Å². The van der Waals surface area contributed by atoms with Crippen LogP contribution in [-0.2, 0) is 6.54 Å². The molecule has 5 nitrogen and oxygen atoms in total. The molecule has 0 unspecified atom stereocenters. The normalized spacial score (nSPS) is 11.0. The SMILES string of the molecule is Cc1cc(CNC(=O)c2sc3cc(Br)ccc3c2N)on1. The molecule has 0 aliphatic rings. The van der Waals surface area contributed by atoms with Crippen LogP contribution in [0.4, 0.5) is 5.69 Å². The van der Waals surface area contributed by atoms with E-state index in [4.69, 9.17) is 10.3 Å². The van der Waals surface area contributed by atoms with Crippen molar-refractivity contribution >= 4 is 48.9 Å². The highest BCUT2D eigenvalue weighted by Crippen LogP contribution is 2.35. The van der Waals surface area contributed by atoms with Gasteiger partial charge in [-0.25, -0.2) is 0 Å². The number of benzene rings is 1. The number of nitrogen functional groups attached to an aromatic ring is 1. The first kappa shape index (κ1) is 14.1. The molecule has 2 aromatic heterocycles. The number of rotatable bonds is 3. The monoisotopic (exact) mass is 365 g/mol. The van der Waals surface area contributed by atoms with Gasteiger partial charge in [0.1, 0.15) is 4.88 Å². The topological polar surface area (TPSA) is 81.2 Å². The Labute approximate surface area is 133 Å². The van der Waals surface area contributed by atoms with E-state index in [9.17, 15) is 4.79 Å². The number of hydrogen-bond donors (Lipinski definition) is 2. The van der Waals surface area contributed by atoms with Gasteiger partial charge in [0, 0.05) is 20.6 Å². The number of halogens is 1. The number of aromatic nitrogens is 1. The van der Waals surface area contributed by atoms with Crippen molar-refractivity contribution in [3.8, 4) is 0 Å². The molecular weight excluding hydrogens is 354 g/mol. The molecule has 108 valence electrons. The van der Waals surface area contributed by atoms with Gasteiger partial charge in [-0.15, -0.1) is 11.3 Å². The van der Waals surface area contributed by atoms with E-state index in [0.717, 1.165) is 20.3 Å². The van der Waals surface area contributed by atoms with Crippen LogP contribution >= 0.6 is 27.3 Å². The van der Waals surface area contributed by atoms with Gasteiger partial charge in [-0.05, 0) is 19.1 Å². The Kier molecular flexibility index (Phi) is 3.69. The summed E-state index contributed by atoms with van der Waals surface area (Å²) in [5, 5.41) is 7.46. The molecule has 0 atom stereocenters. The summed E-state index contributed by atoms with van der Waals surface area (Å²) >= 11 is 4.79. The molecule has 2 heterocycles. The second-order valence-electron chi connectivity index (χ2n) is 4.60. The molecule has 1 aromatic carbocycles. The summed E-state index contributed by atoms with van der Waals surface area (Å²) in [5.74, 6) is 0.405. The van der Waals surface area contributed by atoms with Gasteiger partial charge < -0.3 is 15.6 Å². The van der Waals surface area contributed by atoms with Crippen molar-refractivity contribution in [1.82, 2.24) is 10.5 Å². The lowest BCUT2D eigenvalue weighted by molar-refractivity contribution is 0.0952. The zero-order valence-electron chi connectivity index (χ0n) is 11.1. The molecule has 3 N–H and O–H groups in total. The van der Waals surface area contributed by atoms with E-state index in [1.54, 1.807) is 6.07 Å². The Morgan fingerprint density at radius 2 is 2.29 bits per heavy atom. The Bertz CT molecular complexity index is 825. The number of nitrogens with zero attached hydrogens (tertiary/aromatic N) is 1. The molecular formula is C14H12BrN3O2S. The summed E-state index contributed by atoms with van der Waals surface area (Å²) in [4.78, 5) is 12.8. The largest absolute Gasteiger partial charge is 0.397 e. The average molecular weight is 366 g/mol. The van der Waals surface area contributed by atoms with Gasteiger partial charge in [-0.1, -0.05) is 27.2 Å². The van der Waals surface area contributed by atoms with Crippen molar-refractivity contribution in [2.45, 2.75) is 13.5 Å². The van der Waals surface area contributed by atoms with E-state index in [-0.39, 0.29) is 12.5 Å². The zero-order valence-corrected chi connectivity index (χ0v) is 13.5. The Morgan fingerprint density at radius 1 is 1.48 bits per heavy atom. The lowest BCUT2D eigenvalue weighted by atomic mass is 10.2. The van der Waals surface area contributed by atoms with E-state index >= 15 is 0 Å². The molecule has 0 saturated heterocycles. The fraction of sp³-hybridized carbons (Fsp3) is 0.143. The maximum Gasteiger partial charge on any atom is 0.263 e. The number of aryl methyl sites for hydroxylation is 1. The summed E-state index contributed by atoms with van der Waals surface area (Å²) in [5.41, 5.74) is 7.35. The molecule has 0 spiro atoms. The lowest BCUT2D eigenvalue weighted by Gasteiger charge is -2.01. The number of hydrogen-bond acceptors (Lipinski definition) is 5.